The quantitative estimate of drug-likeness (QED) is 0.572. The molecular formula is C20H14FN5O. The zero-order valence-electron chi connectivity index (χ0n) is 14.1. The van der Waals surface area contributed by atoms with E-state index < -0.39 is 11.7 Å². The first-order chi connectivity index (χ1) is 13.2. The Morgan fingerprint density at radius 1 is 0.852 bits per heavy atom. The summed E-state index contributed by atoms with van der Waals surface area (Å²) in [5.41, 5.74) is 1.88. The van der Waals surface area contributed by atoms with Crippen molar-refractivity contribution in [2.75, 3.05) is 10.6 Å². The summed E-state index contributed by atoms with van der Waals surface area (Å²) in [6, 6.07) is 15.5. The molecule has 2 aromatic carbocycles. The number of pyridine rings is 1. The molecule has 0 aliphatic heterocycles. The van der Waals surface area contributed by atoms with Crippen LogP contribution in [0.15, 0.2) is 73.2 Å². The molecule has 132 valence electrons. The van der Waals surface area contributed by atoms with E-state index in [-0.39, 0.29) is 11.3 Å². The van der Waals surface area contributed by atoms with E-state index in [1.807, 2.05) is 30.3 Å². The number of nitrogens with zero attached hydrogens (tertiary/aromatic N) is 3. The monoisotopic (exact) mass is 359 g/mol. The molecular weight excluding hydrogens is 345 g/mol. The van der Waals surface area contributed by atoms with Crippen molar-refractivity contribution in [3.8, 4) is 0 Å². The lowest BCUT2D eigenvalue weighted by Gasteiger charge is -2.08. The van der Waals surface area contributed by atoms with Crippen LogP contribution in [0, 0.1) is 5.82 Å². The number of carbonyl (C=O) groups is 1. The van der Waals surface area contributed by atoms with Crippen LogP contribution in [0.3, 0.4) is 0 Å². The van der Waals surface area contributed by atoms with Crippen molar-refractivity contribution < 1.29 is 9.18 Å². The lowest BCUT2D eigenvalue weighted by atomic mass is 10.2. The van der Waals surface area contributed by atoms with Crippen molar-refractivity contribution in [2.24, 2.45) is 0 Å². The van der Waals surface area contributed by atoms with Gasteiger partial charge < -0.3 is 10.6 Å². The number of halogens is 1. The van der Waals surface area contributed by atoms with Gasteiger partial charge in [0.05, 0.1) is 22.5 Å². The Morgan fingerprint density at radius 3 is 2.41 bits per heavy atom. The average molecular weight is 359 g/mol. The molecule has 0 aliphatic carbocycles. The molecule has 0 spiro atoms. The SMILES string of the molecule is O=C(Nc1ccccc1F)c1cnc(Nc2cccc3cccnc23)nc1. The fraction of sp³-hybridized carbons (Fsp3) is 0. The number of hydrogen-bond acceptors (Lipinski definition) is 5. The predicted octanol–water partition coefficient (Wildman–Crippen LogP) is 4.16. The van der Waals surface area contributed by atoms with Gasteiger partial charge in [0.1, 0.15) is 5.82 Å². The van der Waals surface area contributed by atoms with E-state index in [4.69, 9.17) is 0 Å². The van der Waals surface area contributed by atoms with Crippen LogP contribution in [0.25, 0.3) is 10.9 Å². The van der Waals surface area contributed by atoms with Gasteiger partial charge in [-0.1, -0.05) is 30.3 Å². The molecule has 7 heteroatoms. The topological polar surface area (TPSA) is 79.8 Å². The Kier molecular flexibility index (Phi) is 4.40. The second-order valence-electron chi connectivity index (χ2n) is 5.74. The van der Waals surface area contributed by atoms with Crippen molar-refractivity contribution in [2.45, 2.75) is 0 Å². The second-order valence-corrected chi connectivity index (χ2v) is 5.74. The number of rotatable bonds is 4. The predicted molar refractivity (Wildman–Crippen MR) is 101 cm³/mol. The first-order valence-corrected chi connectivity index (χ1v) is 8.19. The Labute approximate surface area is 154 Å². The lowest BCUT2D eigenvalue weighted by molar-refractivity contribution is 0.102. The molecule has 4 aromatic rings. The van der Waals surface area contributed by atoms with Gasteiger partial charge in [0.25, 0.3) is 5.91 Å². The number of anilines is 3. The van der Waals surface area contributed by atoms with Gasteiger partial charge in [-0.3, -0.25) is 9.78 Å². The summed E-state index contributed by atoms with van der Waals surface area (Å²) < 4.78 is 13.6. The van der Waals surface area contributed by atoms with Crippen LogP contribution >= 0.6 is 0 Å². The molecule has 0 saturated carbocycles. The van der Waals surface area contributed by atoms with E-state index in [2.05, 4.69) is 25.6 Å². The molecule has 0 radical (unpaired) electrons. The number of benzene rings is 2. The highest BCUT2D eigenvalue weighted by molar-refractivity contribution is 6.04. The largest absolute Gasteiger partial charge is 0.322 e. The summed E-state index contributed by atoms with van der Waals surface area (Å²) in [7, 11) is 0. The number of fused-ring (bicyclic) bond motifs is 1. The molecule has 1 amide bonds. The maximum atomic E-state index is 13.6. The van der Waals surface area contributed by atoms with Crippen molar-refractivity contribution in [1.82, 2.24) is 15.0 Å². The smallest absolute Gasteiger partial charge is 0.258 e. The number of nitrogens with one attached hydrogen (secondary N) is 2. The highest BCUT2D eigenvalue weighted by atomic mass is 19.1. The third-order valence-corrected chi connectivity index (χ3v) is 3.92. The van der Waals surface area contributed by atoms with Crippen LogP contribution in [0.4, 0.5) is 21.7 Å². The Morgan fingerprint density at radius 2 is 1.59 bits per heavy atom. The molecule has 6 nitrogen and oxygen atoms in total. The van der Waals surface area contributed by atoms with Gasteiger partial charge in [-0.25, -0.2) is 14.4 Å². The fourth-order valence-electron chi connectivity index (χ4n) is 2.59. The van der Waals surface area contributed by atoms with Gasteiger partial charge >= 0.3 is 0 Å². The summed E-state index contributed by atoms with van der Waals surface area (Å²) in [5, 5.41) is 6.58. The van der Waals surface area contributed by atoms with Crippen molar-refractivity contribution >= 4 is 34.1 Å². The maximum Gasteiger partial charge on any atom is 0.258 e. The zero-order valence-corrected chi connectivity index (χ0v) is 14.1. The average Bonchev–Trinajstić information content (AvgIpc) is 2.70. The van der Waals surface area contributed by atoms with Crippen LogP contribution in [0.5, 0.6) is 0 Å². The van der Waals surface area contributed by atoms with Gasteiger partial charge in [-0.05, 0) is 24.3 Å². The second kappa shape index (κ2) is 7.17. The van der Waals surface area contributed by atoms with Gasteiger partial charge in [0.15, 0.2) is 0 Å². The fourth-order valence-corrected chi connectivity index (χ4v) is 2.59. The molecule has 27 heavy (non-hydrogen) atoms. The molecule has 0 saturated heterocycles. The molecule has 2 aromatic heterocycles. The van der Waals surface area contributed by atoms with Gasteiger partial charge in [0.2, 0.25) is 5.95 Å². The molecule has 0 atom stereocenters. The van der Waals surface area contributed by atoms with Crippen LogP contribution in [-0.4, -0.2) is 20.9 Å². The third-order valence-electron chi connectivity index (χ3n) is 3.92. The number of hydrogen-bond donors (Lipinski definition) is 2. The summed E-state index contributed by atoms with van der Waals surface area (Å²) in [6.45, 7) is 0. The molecule has 0 bridgehead atoms. The summed E-state index contributed by atoms with van der Waals surface area (Å²) in [6.07, 6.45) is 4.47. The van der Waals surface area contributed by atoms with E-state index in [9.17, 15) is 9.18 Å². The number of para-hydroxylation sites is 2. The van der Waals surface area contributed by atoms with E-state index in [1.54, 1.807) is 18.3 Å². The van der Waals surface area contributed by atoms with Crippen LogP contribution in [0.1, 0.15) is 10.4 Å². The first-order valence-electron chi connectivity index (χ1n) is 8.19. The van der Waals surface area contributed by atoms with E-state index in [1.165, 1.54) is 24.5 Å². The zero-order chi connectivity index (χ0) is 18.6. The summed E-state index contributed by atoms with van der Waals surface area (Å²) >= 11 is 0. The molecule has 0 fully saturated rings. The first kappa shape index (κ1) is 16.6. The maximum absolute atomic E-state index is 13.6. The van der Waals surface area contributed by atoms with Crippen molar-refractivity contribution in [1.29, 1.82) is 0 Å². The minimum absolute atomic E-state index is 0.103. The minimum Gasteiger partial charge on any atom is -0.322 e. The molecule has 2 N–H and O–H groups in total. The van der Waals surface area contributed by atoms with Gasteiger partial charge in [0, 0.05) is 24.0 Å². The minimum atomic E-state index is -0.506. The van der Waals surface area contributed by atoms with E-state index in [0.29, 0.717) is 5.95 Å². The summed E-state index contributed by atoms with van der Waals surface area (Å²) in [5.74, 6) is -0.664. The summed E-state index contributed by atoms with van der Waals surface area (Å²) in [4.78, 5) is 24.9. The number of carbonyl (C=O) groups excluding carboxylic acids is 1. The number of aromatic nitrogens is 3. The Bertz CT molecular complexity index is 1110. The molecule has 2 heterocycles. The normalized spacial score (nSPS) is 10.6. The van der Waals surface area contributed by atoms with Crippen molar-refractivity contribution in [3.63, 3.8) is 0 Å². The van der Waals surface area contributed by atoms with Gasteiger partial charge in [-0.2, -0.15) is 0 Å². The Hall–Kier alpha value is -3.87. The third kappa shape index (κ3) is 3.57. The number of amides is 1. The standard InChI is InChI=1S/C20H14FN5O/c21-15-7-1-2-8-16(15)25-19(27)14-11-23-20(24-12-14)26-17-9-3-5-13-6-4-10-22-18(13)17/h1-12H,(H,25,27)(H,23,24,26). The highest BCUT2D eigenvalue weighted by Crippen LogP contribution is 2.23. The molecule has 0 unspecified atom stereocenters. The van der Waals surface area contributed by atoms with Crippen LogP contribution < -0.4 is 10.6 Å². The van der Waals surface area contributed by atoms with E-state index in [0.717, 1.165) is 16.6 Å². The van der Waals surface area contributed by atoms with Crippen molar-refractivity contribution in [3.05, 3.63) is 84.6 Å². The van der Waals surface area contributed by atoms with Crippen LogP contribution in [-0.2, 0) is 0 Å². The Balaban J connectivity index is 1.52. The lowest BCUT2D eigenvalue weighted by Crippen LogP contribution is -2.14. The van der Waals surface area contributed by atoms with Gasteiger partial charge in [-0.15, -0.1) is 0 Å². The molecule has 4 rings (SSSR count). The van der Waals surface area contributed by atoms with Crippen LogP contribution in [0.2, 0.25) is 0 Å². The highest BCUT2D eigenvalue weighted by Gasteiger charge is 2.11. The molecule has 0 aliphatic rings. The van der Waals surface area contributed by atoms with E-state index >= 15 is 0 Å².